The second-order valence-electron chi connectivity index (χ2n) is 4.98. The Balaban J connectivity index is 3.72. The van der Waals surface area contributed by atoms with Crippen molar-refractivity contribution >= 4 is 5.97 Å². The Kier molecular flexibility index (Phi) is 13.0. The summed E-state index contributed by atoms with van der Waals surface area (Å²) in [6, 6.07) is 0. The second-order valence-corrected chi connectivity index (χ2v) is 4.98. The van der Waals surface area contributed by atoms with E-state index < -0.39 is 0 Å². The van der Waals surface area contributed by atoms with Crippen LogP contribution in [-0.2, 0) is 9.53 Å². The average molecular weight is 269 g/mol. The highest BCUT2D eigenvalue weighted by atomic mass is 16.5. The van der Waals surface area contributed by atoms with Crippen molar-refractivity contribution < 1.29 is 9.53 Å². The molecule has 19 heavy (non-hydrogen) atoms. The van der Waals surface area contributed by atoms with Crippen LogP contribution in [0.2, 0.25) is 0 Å². The number of unbranched alkanes of at least 4 members (excludes halogenated alkanes) is 4. The van der Waals surface area contributed by atoms with Crippen molar-refractivity contribution in [3.63, 3.8) is 0 Å². The van der Waals surface area contributed by atoms with Gasteiger partial charge in [0.15, 0.2) is 0 Å². The summed E-state index contributed by atoms with van der Waals surface area (Å²) in [6.45, 7) is 11.7. The van der Waals surface area contributed by atoms with Crippen molar-refractivity contribution in [3.8, 4) is 0 Å². The molecule has 0 saturated heterocycles. The summed E-state index contributed by atoms with van der Waals surface area (Å²) in [5.41, 5.74) is 0. The van der Waals surface area contributed by atoms with Crippen LogP contribution in [-0.4, -0.2) is 37.1 Å². The van der Waals surface area contributed by atoms with E-state index in [0.29, 0.717) is 6.61 Å². The zero-order chi connectivity index (χ0) is 14.3. The molecule has 0 aliphatic rings. The van der Waals surface area contributed by atoms with E-state index in [1.165, 1.54) is 51.1 Å². The van der Waals surface area contributed by atoms with Gasteiger partial charge < -0.3 is 9.64 Å². The first-order chi connectivity index (χ1) is 9.24. The molecule has 0 aromatic heterocycles. The molecule has 0 bridgehead atoms. The van der Waals surface area contributed by atoms with Gasteiger partial charge in [0.2, 0.25) is 0 Å². The molecular formula is C16H31NO2. The lowest BCUT2D eigenvalue weighted by atomic mass is 10.2. The molecule has 0 radical (unpaired) electrons. The summed E-state index contributed by atoms with van der Waals surface area (Å²) in [5, 5.41) is 0. The van der Waals surface area contributed by atoms with Crippen molar-refractivity contribution in [2.24, 2.45) is 0 Å². The van der Waals surface area contributed by atoms with E-state index in [4.69, 9.17) is 4.74 Å². The molecule has 0 heterocycles. The number of nitrogens with zero attached hydrogens (tertiary/aromatic N) is 1. The van der Waals surface area contributed by atoms with Gasteiger partial charge in [-0.05, 0) is 32.4 Å². The zero-order valence-electron chi connectivity index (χ0n) is 12.8. The van der Waals surface area contributed by atoms with Crippen LogP contribution in [0, 0.1) is 0 Å². The molecule has 112 valence electrons. The molecule has 0 aromatic carbocycles. The fourth-order valence-corrected chi connectivity index (χ4v) is 2.00. The Labute approximate surface area is 119 Å². The van der Waals surface area contributed by atoms with Crippen LogP contribution in [0.1, 0.15) is 58.8 Å². The van der Waals surface area contributed by atoms with Crippen molar-refractivity contribution in [2.75, 3.05) is 26.2 Å². The molecule has 3 nitrogen and oxygen atoms in total. The number of hydrogen-bond donors (Lipinski definition) is 0. The Hall–Kier alpha value is -0.830. The van der Waals surface area contributed by atoms with Crippen LogP contribution in [0.15, 0.2) is 12.7 Å². The van der Waals surface area contributed by atoms with E-state index in [1.54, 1.807) is 0 Å². The highest BCUT2D eigenvalue weighted by molar-refractivity contribution is 5.81. The number of hydrogen-bond acceptors (Lipinski definition) is 3. The number of carbonyl (C=O) groups is 1. The highest BCUT2D eigenvalue weighted by Gasteiger charge is 2.04. The van der Waals surface area contributed by atoms with Crippen molar-refractivity contribution in [1.82, 2.24) is 4.90 Å². The molecule has 0 aliphatic carbocycles. The fourth-order valence-electron chi connectivity index (χ4n) is 2.00. The summed E-state index contributed by atoms with van der Waals surface area (Å²) in [4.78, 5) is 13.4. The third kappa shape index (κ3) is 12.0. The molecule has 0 spiro atoms. The summed E-state index contributed by atoms with van der Waals surface area (Å²) in [6.07, 6.45) is 9.84. The Morgan fingerprint density at radius 1 is 1.00 bits per heavy atom. The van der Waals surface area contributed by atoms with Gasteiger partial charge in [-0.25, -0.2) is 4.79 Å². The van der Waals surface area contributed by atoms with Crippen molar-refractivity contribution in [2.45, 2.75) is 58.8 Å². The Bertz CT molecular complexity index is 229. The van der Waals surface area contributed by atoms with Crippen molar-refractivity contribution in [3.05, 3.63) is 12.7 Å². The molecule has 0 fully saturated rings. The number of esters is 1. The van der Waals surface area contributed by atoms with Gasteiger partial charge in [-0.15, -0.1) is 0 Å². The van der Waals surface area contributed by atoms with E-state index in [9.17, 15) is 4.79 Å². The lowest BCUT2D eigenvalue weighted by molar-refractivity contribution is -0.137. The smallest absolute Gasteiger partial charge is 0.330 e. The molecule has 3 heteroatoms. The normalized spacial score (nSPS) is 10.7. The minimum Gasteiger partial charge on any atom is -0.462 e. The van der Waals surface area contributed by atoms with Crippen LogP contribution in [0.3, 0.4) is 0 Å². The van der Waals surface area contributed by atoms with Gasteiger partial charge in [0, 0.05) is 12.6 Å². The van der Waals surface area contributed by atoms with Crippen LogP contribution < -0.4 is 0 Å². The van der Waals surface area contributed by atoms with Gasteiger partial charge >= 0.3 is 5.97 Å². The summed E-state index contributed by atoms with van der Waals surface area (Å²) < 4.78 is 5.01. The summed E-state index contributed by atoms with van der Waals surface area (Å²) in [7, 11) is 0. The molecule has 0 rings (SSSR count). The van der Waals surface area contributed by atoms with Gasteiger partial charge in [-0.2, -0.15) is 0 Å². The first-order valence-corrected chi connectivity index (χ1v) is 7.76. The first kappa shape index (κ1) is 18.2. The molecule has 0 atom stereocenters. The standard InChI is InChI=1S/C16H31NO2/c1-4-7-9-10-13-17(12-8-5-2)14-11-15-19-16(18)6-3/h6H,3-5,7-15H2,1-2H3. The molecule has 0 unspecified atom stereocenters. The molecule has 0 saturated carbocycles. The van der Waals surface area contributed by atoms with E-state index >= 15 is 0 Å². The lowest BCUT2D eigenvalue weighted by Crippen LogP contribution is -2.28. The maximum atomic E-state index is 10.9. The monoisotopic (exact) mass is 269 g/mol. The van der Waals surface area contributed by atoms with Crippen molar-refractivity contribution in [1.29, 1.82) is 0 Å². The van der Waals surface area contributed by atoms with Gasteiger partial charge in [0.05, 0.1) is 6.61 Å². The summed E-state index contributed by atoms with van der Waals surface area (Å²) >= 11 is 0. The summed E-state index contributed by atoms with van der Waals surface area (Å²) in [5.74, 6) is -0.317. The Morgan fingerprint density at radius 3 is 2.26 bits per heavy atom. The molecule has 0 aromatic rings. The third-order valence-electron chi connectivity index (χ3n) is 3.19. The highest BCUT2D eigenvalue weighted by Crippen LogP contribution is 2.04. The SMILES string of the molecule is C=CC(=O)OCCCN(CCCC)CCCCCC. The largest absolute Gasteiger partial charge is 0.462 e. The maximum Gasteiger partial charge on any atom is 0.330 e. The zero-order valence-corrected chi connectivity index (χ0v) is 12.8. The van der Waals surface area contributed by atoms with Gasteiger partial charge in [0.25, 0.3) is 0 Å². The number of ether oxygens (including phenoxy) is 1. The molecule has 0 N–H and O–H groups in total. The number of carbonyl (C=O) groups excluding carboxylic acids is 1. The minimum atomic E-state index is -0.317. The predicted molar refractivity (Wildman–Crippen MR) is 81.3 cm³/mol. The topological polar surface area (TPSA) is 29.5 Å². The second kappa shape index (κ2) is 13.6. The number of rotatable bonds is 13. The minimum absolute atomic E-state index is 0.317. The molecule has 0 amide bonds. The van der Waals surface area contributed by atoms with E-state index in [2.05, 4.69) is 25.3 Å². The van der Waals surface area contributed by atoms with Crippen LogP contribution >= 0.6 is 0 Å². The first-order valence-electron chi connectivity index (χ1n) is 7.76. The van der Waals surface area contributed by atoms with Gasteiger partial charge in [0.1, 0.15) is 0 Å². The Morgan fingerprint density at radius 2 is 1.63 bits per heavy atom. The van der Waals surface area contributed by atoms with Crippen LogP contribution in [0.5, 0.6) is 0 Å². The van der Waals surface area contributed by atoms with E-state index in [1.807, 2.05) is 0 Å². The lowest BCUT2D eigenvalue weighted by Gasteiger charge is -2.22. The van der Waals surface area contributed by atoms with E-state index in [0.717, 1.165) is 19.5 Å². The van der Waals surface area contributed by atoms with Crippen LogP contribution in [0.25, 0.3) is 0 Å². The average Bonchev–Trinajstić information content (AvgIpc) is 2.44. The van der Waals surface area contributed by atoms with E-state index in [-0.39, 0.29) is 5.97 Å². The quantitative estimate of drug-likeness (QED) is 0.289. The van der Waals surface area contributed by atoms with Crippen LogP contribution in [0.4, 0.5) is 0 Å². The third-order valence-corrected chi connectivity index (χ3v) is 3.19. The predicted octanol–water partition coefficient (Wildman–Crippen LogP) is 3.79. The van der Waals surface area contributed by atoms with Gasteiger partial charge in [-0.3, -0.25) is 0 Å². The van der Waals surface area contributed by atoms with Gasteiger partial charge in [-0.1, -0.05) is 46.1 Å². The fraction of sp³-hybridized carbons (Fsp3) is 0.812. The molecule has 0 aliphatic heterocycles. The molecular weight excluding hydrogens is 238 g/mol. The maximum absolute atomic E-state index is 10.9.